The standard InChI is InChI=1S/C15H22N2O/c1-4-9-7-11-10(5-2)15(18)17-14(11)12(8-9)13(16)6-3/h7-8,10,13H,4-6,16H2,1-3H3,(H,17,18). The number of anilines is 1. The van der Waals surface area contributed by atoms with Crippen molar-refractivity contribution in [2.75, 3.05) is 5.32 Å². The molecule has 2 atom stereocenters. The van der Waals surface area contributed by atoms with Crippen LogP contribution in [0.2, 0.25) is 0 Å². The van der Waals surface area contributed by atoms with Crippen LogP contribution in [0.1, 0.15) is 62.3 Å². The average Bonchev–Trinajstić information content (AvgIpc) is 2.71. The molecule has 1 aliphatic heterocycles. The smallest absolute Gasteiger partial charge is 0.232 e. The Kier molecular flexibility index (Phi) is 3.71. The zero-order chi connectivity index (χ0) is 13.3. The van der Waals surface area contributed by atoms with Crippen LogP contribution in [0, 0.1) is 0 Å². The van der Waals surface area contributed by atoms with Crippen molar-refractivity contribution in [3.8, 4) is 0 Å². The Bertz CT molecular complexity index is 468. The van der Waals surface area contributed by atoms with Crippen molar-refractivity contribution in [1.82, 2.24) is 0 Å². The van der Waals surface area contributed by atoms with Gasteiger partial charge in [0, 0.05) is 11.7 Å². The molecule has 3 N–H and O–H groups in total. The van der Waals surface area contributed by atoms with Gasteiger partial charge in [0.15, 0.2) is 0 Å². The zero-order valence-electron chi connectivity index (χ0n) is 11.4. The summed E-state index contributed by atoms with van der Waals surface area (Å²) in [6.45, 7) is 6.26. The van der Waals surface area contributed by atoms with Gasteiger partial charge >= 0.3 is 0 Å². The lowest BCUT2D eigenvalue weighted by Gasteiger charge is -2.16. The Labute approximate surface area is 109 Å². The Morgan fingerprint density at radius 2 is 2.06 bits per heavy atom. The summed E-state index contributed by atoms with van der Waals surface area (Å²) >= 11 is 0. The van der Waals surface area contributed by atoms with Crippen LogP contribution in [0.25, 0.3) is 0 Å². The summed E-state index contributed by atoms with van der Waals surface area (Å²) in [6.07, 6.45) is 2.69. The second-order valence-corrected chi connectivity index (χ2v) is 4.97. The van der Waals surface area contributed by atoms with Crippen molar-refractivity contribution < 1.29 is 4.79 Å². The first-order chi connectivity index (χ1) is 8.62. The van der Waals surface area contributed by atoms with Crippen molar-refractivity contribution >= 4 is 11.6 Å². The lowest BCUT2D eigenvalue weighted by molar-refractivity contribution is -0.117. The molecule has 0 fully saturated rings. The molecular formula is C15H22N2O. The van der Waals surface area contributed by atoms with Gasteiger partial charge in [-0.2, -0.15) is 0 Å². The van der Waals surface area contributed by atoms with E-state index >= 15 is 0 Å². The second kappa shape index (κ2) is 5.11. The van der Waals surface area contributed by atoms with Crippen molar-refractivity contribution in [2.45, 2.75) is 52.0 Å². The number of aryl methyl sites for hydroxylation is 1. The summed E-state index contributed by atoms with van der Waals surface area (Å²) in [7, 11) is 0. The van der Waals surface area contributed by atoms with Crippen LogP contribution >= 0.6 is 0 Å². The Balaban J connectivity index is 2.56. The van der Waals surface area contributed by atoms with Crippen molar-refractivity contribution in [3.05, 3.63) is 28.8 Å². The molecule has 0 radical (unpaired) electrons. The van der Waals surface area contributed by atoms with E-state index in [9.17, 15) is 4.79 Å². The Morgan fingerprint density at radius 3 is 2.61 bits per heavy atom. The molecule has 1 aromatic carbocycles. The summed E-state index contributed by atoms with van der Waals surface area (Å²) in [5.41, 5.74) is 10.6. The number of carbonyl (C=O) groups is 1. The van der Waals surface area contributed by atoms with Crippen LogP contribution in [0.15, 0.2) is 12.1 Å². The molecule has 18 heavy (non-hydrogen) atoms. The topological polar surface area (TPSA) is 55.1 Å². The van der Waals surface area contributed by atoms with Crippen LogP contribution in [0.3, 0.4) is 0 Å². The Hall–Kier alpha value is -1.35. The number of fused-ring (bicyclic) bond motifs is 1. The highest BCUT2D eigenvalue weighted by molar-refractivity contribution is 6.03. The summed E-state index contributed by atoms with van der Waals surface area (Å²) in [4.78, 5) is 12.0. The van der Waals surface area contributed by atoms with E-state index < -0.39 is 0 Å². The number of amides is 1. The van der Waals surface area contributed by atoms with Crippen LogP contribution in [-0.2, 0) is 11.2 Å². The number of nitrogens with one attached hydrogen (secondary N) is 1. The van der Waals surface area contributed by atoms with E-state index in [1.165, 1.54) is 5.56 Å². The first-order valence-corrected chi connectivity index (χ1v) is 6.85. The number of carbonyl (C=O) groups excluding carboxylic acids is 1. The van der Waals surface area contributed by atoms with Crippen LogP contribution in [0.4, 0.5) is 5.69 Å². The lowest BCUT2D eigenvalue weighted by Crippen LogP contribution is -2.13. The van der Waals surface area contributed by atoms with E-state index in [-0.39, 0.29) is 17.9 Å². The van der Waals surface area contributed by atoms with Crippen LogP contribution in [0.5, 0.6) is 0 Å². The van der Waals surface area contributed by atoms with E-state index in [0.717, 1.165) is 36.1 Å². The quantitative estimate of drug-likeness (QED) is 0.857. The first-order valence-electron chi connectivity index (χ1n) is 6.85. The molecule has 0 aliphatic carbocycles. The third-order valence-electron chi connectivity index (χ3n) is 3.86. The summed E-state index contributed by atoms with van der Waals surface area (Å²) in [6, 6.07) is 4.31. The summed E-state index contributed by atoms with van der Waals surface area (Å²) in [5.74, 6) is 0.111. The number of hydrogen-bond acceptors (Lipinski definition) is 2. The van der Waals surface area contributed by atoms with Gasteiger partial charge in [-0.05, 0) is 36.0 Å². The van der Waals surface area contributed by atoms with Gasteiger partial charge in [-0.25, -0.2) is 0 Å². The number of hydrogen-bond donors (Lipinski definition) is 2. The number of benzene rings is 1. The SMILES string of the molecule is CCc1cc(C(N)CC)c2c(c1)C(CC)C(=O)N2. The van der Waals surface area contributed by atoms with E-state index in [1.54, 1.807) is 0 Å². The van der Waals surface area contributed by atoms with E-state index in [1.807, 2.05) is 0 Å². The maximum Gasteiger partial charge on any atom is 0.232 e. The Morgan fingerprint density at radius 1 is 1.33 bits per heavy atom. The molecule has 0 aromatic heterocycles. The molecule has 98 valence electrons. The largest absolute Gasteiger partial charge is 0.325 e. The molecule has 0 saturated carbocycles. The fourth-order valence-electron chi connectivity index (χ4n) is 2.64. The first kappa shape index (κ1) is 13.1. The highest BCUT2D eigenvalue weighted by atomic mass is 16.2. The normalized spacial score (nSPS) is 19.6. The fraction of sp³-hybridized carbons (Fsp3) is 0.533. The summed E-state index contributed by atoms with van der Waals surface area (Å²) < 4.78 is 0. The predicted octanol–water partition coefficient (Wildman–Crippen LogP) is 3.10. The highest BCUT2D eigenvalue weighted by Gasteiger charge is 2.32. The van der Waals surface area contributed by atoms with Crippen molar-refractivity contribution in [3.63, 3.8) is 0 Å². The molecule has 1 aromatic rings. The molecule has 0 saturated heterocycles. The predicted molar refractivity (Wildman–Crippen MR) is 74.7 cm³/mol. The van der Waals surface area contributed by atoms with Crippen LogP contribution in [-0.4, -0.2) is 5.91 Å². The third-order valence-corrected chi connectivity index (χ3v) is 3.86. The molecular weight excluding hydrogens is 224 g/mol. The van der Waals surface area contributed by atoms with Gasteiger partial charge in [-0.1, -0.05) is 32.9 Å². The molecule has 2 rings (SSSR count). The molecule has 1 aliphatic rings. The number of rotatable bonds is 4. The molecule has 3 nitrogen and oxygen atoms in total. The maximum absolute atomic E-state index is 12.0. The van der Waals surface area contributed by atoms with E-state index in [4.69, 9.17) is 5.73 Å². The summed E-state index contributed by atoms with van der Waals surface area (Å²) in [5, 5.41) is 3.01. The third kappa shape index (κ3) is 2.03. The highest BCUT2D eigenvalue weighted by Crippen LogP contribution is 2.40. The fourth-order valence-corrected chi connectivity index (χ4v) is 2.64. The van der Waals surface area contributed by atoms with Crippen LogP contribution < -0.4 is 11.1 Å². The van der Waals surface area contributed by atoms with Gasteiger partial charge < -0.3 is 11.1 Å². The second-order valence-electron chi connectivity index (χ2n) is 4.97. The van der Waals surface area contributed by atoms with E-state index in [0.29, 0.717) is 0 Å². The lowest BCUT2D eigenvalue weighted by atomic mass is 9.91. The minimum absolute atomic E-state index is 0.00107. The number of nitrogens with two attached hydrogens (primary N) is 1. The van der Waals surface area contributed by atoms with Gasteiger partial charge in [-0.3, -0.25) is 4.79 Å². The molecule has 2 unspecified atom stereocenters. The van der Waals surface area contributed by atoms with Gasteiger partial charge in [0.05, 0.1) is 5.92 Å². The van der Waals surface area contributed by atoms with Gasteiger partial charge in [0.1, 0.15) is 0 Å². The minimum atomic E-state index is -0.00527. The molecule has 1 heterocycles. The van der Waals surface area contributed by atoms with Gasteiger partial charge in [-0.15, -0.1) is 0 Å². The average molecular weight is 246 g/mol. The van der Waals surface area contributed by atoms with Gasteiger partial charge in [0.2, 0.25) is 5.91 Å². The molecule has 0 bridgehead atoms. The monoisotopic (exact) mass is 246 g/mol. The molecule has 1 amide bonds. The molecule has 0 spiro atoms. The van der Waals surface area contributed by atoms with E-state index in [2.05, 4.69) is 38.2 Å². The maximum atomic E-state index is 12.0. The molecule has 3 heteroatoms. The minimum Gasteiger partial charge on any atom is -0.325 e. The van der Waals surface area contributed by atoms with Crippen molar-refractivity contribution in [2.24, 2.45) is 5.73 Å². The van der Waals surface area contributed by atoms with Crippen molar-refractivity contribution in [1.29, 1.82) is 0 Å². The van der Waals surface area contributed by atoms with Gasteiger partial charge in [0.25, 0.3) is 0 Å². The zero-order valence-corrected chi connectivity index (χ0v) is 11.4.